The number of amides is 1. The van der Waals surface area contributed by atoms with Gasteiger partial charge < -0.3 is 10.2 Å². The van der Waals surface area contributed by atoms with Crippen molar-refractivity contribution in [3.05, 3.63) is 16.2 Å². The number of hydrogen-bond acceptors (Lipinski definition) is 5. The Labute approximate surface area is 116 Å². The highest BCUT2D eigenvalue weighted by molar-refractivity contribution is 9.11. The van der Waals surface area contributed by atoms with Crippen molar-refractivity contribution >= 4 is 49.2 Å². The zero-order chi connectivity index (χ0) is 12.7. The Hall–Kier alpha value is -1.21. The number of fused-ring (bicyclic) bond motifs is 1. The van der Waals surface area contributed by atoms with Gasteiger partial charge in [-0.3, -0.25) is 4.79 Å². The zero-order valence-corrected chi connectivity index (χ0v) is 12.1. The summed E-state index contributed by atoms with van der Waals surface area (Å²) in [5.41, 5.74) is 0.919. The number of nitrogens with one attached hydrogen (secondary N) is 1. The standard InChI is InChI=1S/C11H11BrN4OS/c1-16-4-6(2-9(16)17)15-11-10-7(13-5-14-11)3-8(12)18-10/h3,5-6H,2,4H2,1H3,(H,13,14,15)/t6-/m0/s1. The van der Waals surface area contributed by atoms with E-state index in [4.69, 9.17) is 0 Å². The first-order valence-electron chi connectivity index (χ1n) is 5.54. The maximum atomic E-state index is 11.5. The van der Waals surface area contributed by atoms with Crippen LogP contribution in [0.4, 0.5) is 5.82 Å². The van der Waals surface area contributed by atoms with Crippen LogP contribution in [0.25, 0.3) is 10.2 Å². The molecule has 1 fully saturated rings. The van der Waals surface area contributed by atoms with Crippen LogP contribution in [0.2, 0.25) is 0 Å². The average molecular weight is 327 g/mol. The molecule has 2 aromatic heterocycles. The van der Waals surface area contributed by atoms with Gasteiger partial charge in [-0.05, 0) is 22.0 Å². The summed E-state index contributed by atoms with van der Waals surface area (Å²) >= 11 is 5.05. The van der Waals surface area contributed by atoms with E-state index in [0.717, 1.165) is 26.4 Å². The number of carbonyl (C=O) groups is 1. The van der Waals surface area contributed by atoms with Crippen molar-refractivity contribution in [2.24, 2.45) is 0 Å². The summed E-state index contributed by atoms with van der Waals surface area (Å²) < 4.78 is 2.05. The Morgan fingerprint density at radius 1 is 1.56 bits per heavy atom. The van der Waals surface area contributed by atoms with E-state index in [1.807, 2.05) is 13.1 Å². The Bertz CT molecular complexity index is 614. The molecule has 7 heteroatoms. The van der Waals surface area contributed by atoms with Crippen LogP contribution in [0.3, 0.4) is 0 Å². The Balaban J connectivity index is 1.89. The Morgan fingerprint density at radius 3 is 3.11 bits per heavy atom. The van der Waals surface area contributed by atoms with Crippen molar-refractivity contribution in [2.45, 2.75) is 12.5 Å². The van der Waals surface area contributed by atoms with Gasteiger partial charge in [0.15, 0.2) is 0 Å². The average Bonchev–Trinajstić information content (AvgIpc) is 2.83. The summed E-state index contributed by atoms with van der Waals surface area (Å²) in [6.07, 6.45) is 2.07. The van der Waals surface area contributed by atoms with Crippen LogP contribution in [0.15, 0.2) is 16.2 Å². The van der Waals surface area contributed by atoms with Crippen molar-refractivity contribution < 1.29 is 4.79 Å². The van der Waals surface area contributed by atoms with Crippen LogP contribution in [0.5, 0.6) is 0 Å². The molecule has 0 bridgehead atoms. The van der Waals surface area contributed by atoms with Gasteiger partial charge in [-0.25, -0.2) is 9.97 Å². The van der Waals surface area contributed by atoms with Gasteiger partial charge in [-0.1, -0.05) is 0 Å². The molecule has 1 aliphatic rings. The molecular weight excluding hydrogens is 316 g/mol. The van der Waals surface area contributed by atoms with Crippen LogP contribution < -0.4 is 5.32 Å². The van der Waals surface area contributed by atoms with Crippen molar-refractivity contribution in [3.8, 4) is 0 Å². The molecule has 1 N–H and O–H groups in total. The second kappa shape index (κ2) is 4.47. The summed E-state index contributed by atoms with van der Waals surface area (Å²) in [6.45, 7) is 0.719. The minimum atomic E-state index is 0.126. The molecule has 1 atom stereocenters. The third-order valence-electron chi connectivity index (χ3n) is 2.96. The molecule has 1 aliphatic heterocycles. The molecule has 1 amide bonds. The molecule has 3 heterocycles. The number of thiophene rings is 1. The van der Waals surface area contributed by atoms with Crippen molar-refractivity contribution in [1.29, 1.82) is 0 Å². The SMILES string of the molecule is CN1C[C@@H](Nc2ncnc3cc(Br)sc23)CC1=O. The number of halogens is 1. The van der Waals surface area contributed by atoms with Crippen LogP contribution in [0.1, 0.15) is 6.42 Å². The molecule has 1 saturated heterocycles. The monoisotopic (exact) mass is 326 g/mol. The van der Waals surface area contributed by atoms with E-state index < -0.39 is 0 Å². The van der Waals surface area contributed by atoms with Crippen molar-refractivity contribution in [2.75, 3.05) is 18.9 Å². The highest BCUT2D eigenvalue weighted by atomic mass is 79.9. The first-order chi connectivity index (χ1) is 8.63. The van der Waals surface area contributed by atoms with Crippen LogP contribution >= 0.6 is 27.3 Å². The van der Waals surface area contributed by atoms with Gasteiger partial charge in [0.2, 0.25) is 5.91 Å². The largest absolute Gasteiger partial charge is 0.364 e. The maximum Gasteiger partial charge on any atom is 0.224 e. The minimum Gasteiger partial charge on any atom is -0.364 e. The van der Waals surface area contributed by atoms with Crippen LogP contribution in [0, 0.1) is 0 Å². The lowest BCUT2D eigenvalue weighted by Crippen LogP contribution is -2.24. The van der Waals surface area contributed by atoms with E-state index >= 15 is 0 Å². The number of anilines is 1. The molecule has 5 nitrogen and oxygen atoms in total. The van der Waals surface area contributed by atoms with Gasteiger partial charge in [-0.2, -0.15) is 0 Å². The topological polar surface area (TPSA) is 58.1 Å². The van der Waals surface area contributed by atoms with E-state index in [1.165, 1.54) is 0 Å². The number of carbonyl (C=O) groups excluding carboxylic acids is 1. The third-order valence-corrected chi connectivity index (χ3v) is 4.60. The first kappa shape index (κ1) is 11.9. The van der Waals surface area contributed by atoms with Gasteiger partial charge in [0.1, 0.15) is 12.1 Å². The lowest BCUT2D eigenvalue weighted by molar-refractivity contribution is -0.126. The molecule has 18 heavy (non-hydrogen) atoms. The summed E-state index contributed by atoms with van der Waals surface area (Å²) in [6, 6.07) is 2.10. The number of aromatic nitrogens is 2. The van der Waals surface area contributed by atoms with Gasteiger partial charge in [0, 0.05) is 20.0 Å². The lowest BCUT2D eigenvalue weighted by Gasteiger charge is -2.13. The van der Waals surface area contributed by atoms with Gasteiger partial charge in [-0.15, -0.1) is 11.3 Å². The predicted molar refractivity (Wildman–Crippen MR) is 74.8 cm³/mol. The first-order valence-corrected chi connectivity index (χ1v) is 7.15. The molecular formula is C11H11BrN4OS. The quantitative estimate of drug-likeness (QED) is 0.918. The van der Waals surface area contributed by atoms with Gasteiger partial charge >= 0.3 is 0 Å². The number of likely N-dealkylation sites (tertiary alicyclic amines) is 1. The number of likely N-dealkylation sites (N-methyl/N-ethyl adjacent to an activating group) is 1. The van der Waals surface area contributed by atoms with E-state index in [-0.39, 0.29) is 11.9 Å². The van der Waals surface area contributed by atoms with Crippen LogP contribution in [-0.2, 0) is 4.79 Å². The smallest absolute Gasteiger partial charge is 0.224 e. The summed E-state index contributed by atoms with van der Waals surface area (Å²) in [4.78, 5) is 21.7. The van der Waals surface area contributed by atoms with E-state index in [2.05, 4.69) is 31.2 Å². The zero-order valence-electron chi connectivity index (χ0n) is 9.68. The Morgan fingerprint density at radius 2 is 2.39 bits per heavy atom. The van der Waals surface area contributed by atoms with Crippen LogP contribution in [-0.4, -0.2) is 40.4 Å². The number of nitrogens with zero attached hydrogens (tertiary/aromatic N) is 3. The maximum absolute atomic E-state index is 11.5. The molecule has 0 aromatic carbocycles. The third kappa shape index (κ3) is 2.08. The van der Waals surface area contributed by atoms with Gasteiger partial charge in [0.05, 0.1) is 20.0 Å². The molecule has 94 valence electrons. The molecule has 2 aromatic rings. The molecule has 0 radical (unpaired) electrons. The predicted octanol–water partition coefficient (Wildman–Crippen LogP) is 2.10. The highest BCUT2D eigenvalue weighted by Gasteiger charge is 2.27. The summed E-state index contributed by atoms with van der Waals surface area (Å²) in [5, 5.41) is 3.33. The van der Waals surface area contributed by atoms with E-state index in [9.17, 15) is 4.79 Å². The molecule has 0 aliphatic carbocycles. The Kier molecular flexibility index (Phi) is 2.95. The normalized spacial score (nSPS) is 19.8. The minimum absolute atomic E-state index is 0.126. The van der Waals surface area contributed by atoms with Crippen molar-refractivity contribution in [3.63, 3.8) is 0 Å². The van der Waals surface area contributed by atoms with E-state index in [1.54, 1.807) is 22.6 Å². The second-order valence-electron chi connectivity index (χ2n) is 4.31. The molecule has 0 saturated carbocycles. The molecule has 3 rings (SSSR count). The van der Waals surface area contributed by atoms with Gasteiger partial charge in [0.25, 0.3) is 0 Å². The molecule has 0 unspecified atom stereocenters. The summed E-state index contributed by atoms with van der Waals surface area (Å²) in [7, 11) is 1.82. The fraction of sp³-hybridized carbons (Fsp3) is 0.364. The second-order valence-corrected chi connectivity index (χ2v) is 6.74. The highest BCUT2D eigenvalue weighted by Crippen LogP contribution is 2.33. The molecule has 0 spiro atoms. The lowest BCUT2D eigenvalue weighted by atomic mass is 10.2. The van der Waals surface area contributed by atoms with Crippen molar-refractivity contribution in [1.82, 2.24) is 14.9 Å². The fourth-order valence-corrected chi connectivity index (χ4v) is 3.57. The fourth-order valence-electron chi connectivity index (χ4n) is 2.08. The summed E-state index contributed by atoms with van der Waals surface area (Å²) in [5.74, 6) is 0.981. The number of rotatable bonds is 2. The van der Waals surface area contributed by atoms with E-state index in [0.29, 0.717) is 6.42 Å². The number of hydrogen-bond donors (Lipinski definition) is 1.